The molecule has 0 aromatic rings. The molecular weight excluding hydrogens is 252 g/mol. The third-order valence-corrected chi connectivity index (χ3v) is 4.65. The van der Waals surface area contributed by atoms with E-state index in [9.17, 15) is 5.11 Å². The minimum atomic E-state index is -0.0769. The number of nitrogens with one attached hydrogen (secondary N) is 1. The Kier molecular flexibility index (Phi) is 8.69. The summed E-state index contributed by atoms with van der Waals surface area (Å²) in [5.41, 5.74) is -0.0769. The van der Waals surface area contributed by atoms with Crippen LogP contribution < -0.4 is 5.32 Å². The van der Waals surface area contributed by atoms with E-state index in [4.69, 9.17) is 4.74 Å². The lowest BCUT2D eigenvalue weighted by Crippen LogP contribution is -2.49. The zero-order chi connectivity index (χ0) is 14.8. The second-order valence-electron chi connectivity index (χ2n) is 6.12. The van der Waals surface area contributed by atoms with E-state index in [2.05, 4.69) is 24.1 Å². The van der Waals surface area contributed by atoms with E-state index < -0.39 is 0 Å². The van der Waals surface area contributed by atoms with Gasteiger partial charge in [-0.25, -0.2) is 0 Å². The van der Waals surface area contributed by atoms with E-state index in [-0.39, 0.29) is 12.1 Å². The zero-order valence-corrected chi connectivity index (χ0v) is 13.7. The summed E-state index contributed by atoms with van der Waals surface area (Å²) in [6.45, 7) is 8.95. The first-order valence-corrected chi connectivity index (χ1v) is 8.30. The molecule has 2 atom stereocenters. The minimum absolute atomic E-state index is 0.0769. The maximum atomic E-state index is 9.72. The largest absolute Gasteiger partial charge is 0.394 e. The van der Waals surface area contributed by atoms with Crippen LogP contribution in [0.25, 0.3) is 0 Å². The maximum Gasteiger partial charge on any atom is 0.0698 e. The summed E-state index contributed by atoms with van der Waals surface area (Å²) < 4.78 is 5.47. The molecule has 2 N–H and O–H groups in total. The number of likely N-dealkylation sites (tertiary alicyclic amines) is 1. The van der Waals surface area contributed by atoms with Crippen LogP contribution in [0.1, 0.15) is 52.4 Å². The first kappa shape index (κ1) is 17.9. The summed E-state index contributed by atoms with van der Waals surface area (Å²) in [4.78, 5) is 2.51. The van der Waals surface area contributed by atoms with Crippen molar-refractivity contribution in [3.05, 3.63) is 0 Å². The Labute approximate surface area is 124 Å². The van der Waals surface area contributed by atoms with Crippen LogP contribution in [0.2, 0.25) is 0 Å². The summed E-state index contributed by atoms with van der Waals surface area (Å²) in [6.07, 6.45) is 7.14. The summed E-state index contributed by atoms with van der Waals surface area (Å²) in [5.74, 6) is 0. The van der Waals surface area contributed by atoms with Crippen molar-refractivity contribution in [3.63, 3.8) is 0 Å². The van der Waals surface area contributed by atoms with Gasteiger partial charge in [-0.05, 0) is 58.2 Å². The second-order valence-corrected chi connectivity index (χ2v) is 6.12. The molecule has 0 aromatic heterocycles. The van der Waals surface area contributed by atoms with Gasteiger partial charge in [0.1, 0.15) is 0 Å². The third kappa shape index (κ3) is 5.68. The van der Waals surface area contributed by atoms with Gasteiger partial charge in [0.15, 0.2) is 0 Å². The number of rotatable bonds is 10. The number of hydrogen-bond acceptors (Lipinski definition) is 4. The summed E-state index contributed by atoms with van der Waals surface area (Å²) in [7, 11) is 1.82. The molecule has 1 aliphatic rings. The average molecular weight is 286 g/mol. The van der Waals surface area contributed by atoms with Gasteiger partial charge in [0.05, 0.1) is 12.7 Å². The Bertz CT molecular complexity index is 245. The Morgan fingerprint density at radius 3 is 2.80 bits per heavy atom. The molecule has 0 spiro atoms. The standard InChI is InChI=1S/C16H34N2O2/c1-4-10-17-16(5-2,14-19)9-7-12-18-11-6-8-15(13-18)20-3/h15,17,19H,4-14H2,1-3H3. The fourth-order valence-electron chi connectivity index (χ4n) is 3.08. The van der Waals surface area contributed by atoms with Gasteiger partial charge in [0.25, 0.3) is 0 Å². The number of piperidine rings is 1. The molecule has 0 aliphatic carbocycles. The predicted molar refractivity (Wildman–Crippen MR) is 84.1 cm³/mol. The van der Waals surface area contributed by atoms with Crippen molar-refractivity contribution in [3.8, 4) is 0 Å². The molecule has 0 radical (unpaired) electrons. The van der Waals surface area contributed by atoms with Gasteiger partial charge < -0.3 is 20.1 Å². The van der Waals surface area contributed by atoms with Crippen molar-refractivity contribution in [1.82, 2.24) is 10.2 Å². The van der Waals surface area contributed by atoms with E-state index in [0.29, 0.717) is 6.10 Å². The number of aliphatic hydroxyl groups is 1. The highest BCUT2D eigenvalue weighted by Crippen LogP contribution is 2.19. The van der Waals surface area contributed by atoms with Crippen molar-refractivity contribution in [2.75, 3.05) is 39.9 Å². The molecule has 0 saturated carbocycles. The Hall–Kier alpha value is -0.160. The van der Waals surface area contributed by atoms with Gasteiger partial charge in [-0.3, -0.25) is 0 Å². The lowest BCUT2D eigenvalue weighted by atomic mass is 9.90. The fourth-order valence-corrected chi connectivity index (χ4v) is 3.08. The lowest BCUT2D eigenvalue weighted by molar-refractivity contribution is 0.0293. The maximum absolute atomic E-state index is 9.72. The summed E-state index contributed by atoms with van der Waals surface area (Å²) >= 11 is 0. The molecule has 20 heavy (non-hydrogen) atoms. The molecule has 120 valence electrons. The van der Waals surface area contributed by atoms with Crippen molar-refractivity contribution < 1.29 is 9.84 Å². The van der Waals surface area contributed by atoms with E-state index in [1.165, 1.54) is 19.4 Å². The second kappa shape index (κ2) is 9.72. The van der Waals surface area contributed by atoms with Gasteiger partial charge >= 0.3 is 0 Å². The smallest absolute Gasteiger partial charge is 0.0698 e. The molecule has 1 aliphatic heterocycles. The first-order valence-electron chi connectivity index (χ1n) is 8.30. The molecule has 0 amide bonds. The number of aliphatic hydroxyl groups excluding tert-OH is 1. The molecule has 0 aromatic carbocycles. The first-order chi connectivity index (χ1) is 9.69. The van der Waals surface area contributed by atoms with Crippen molar-refractivity contribution in [2.45, 2.75) is 64.0 Å². The van der Waals surface area contributed by atoms with Crippen LogP contribution in [0.4, 0.5) is 0 Å². The monoisotopic (exact) mass is 286 g/mol. The molecule has 1 heterocycles. The normalized spacial score (nSPS) is 23.7. The molecule has 1 rings (SSSR count). The van der Waals surface area contributed by atoms with Crippen LogP contribution in [0.5, 0.6) is 0 Å². The Morgan fingerprint density at radius 1 is 1.40 bits per heavy atom. The molecule has 4 heteroatoms. The van der Waals surface area contributed by atoms with Crippen LogP contribution in [-0.2, 0) is 4.74 Å². The van der Waals surface area contributed by atoms with E-state index in [0.717, 1.165) is 45.3 Å². The summed E-state index contributed by atoms with van der Waals surface area (Å²) in [6, 6.07) is 0. The van der Waals surface area contributed by atoms with Crippen LogP contribution in [0, 0.1) is 0 Å². The SMILES string of the molecule is CCCNC(CC)(CO)CCCN1CCCC(OC)C1. The van der Waals surface area contributed by atoms with Crippen molar-refractivity contribution in [1.29, 1.82) is 0 Å². The highest BCUT2D eigenvalue weighted by molar-refractivity contribution is 4.86. The Balaban J connectivity index is 2.32. The number of ether oxygens (including phenoxy) is 1. The highest BCUT2D eigenvalue weighted by atomic mass is 16.5. The van der Waals surface area contributed by atoms with Crippen LogP contribution in [0.15, 0.2) is 0 Å². The quantitative estimate of drug-likeness (QED) is 0.645. The Morgan fingerprint density at radius 2 is 2.20 bits per heavy atom. The number of nitrogens with zero attached hydrogens (tertiary/aromatic N) is 1. The van der Waals surface area contributed by atoms with Gasteiger partial charge in [0, 0.05) is 19.2 Å². The molecule has 1 saturated heterocycles. The minimum Gasteiger partial charge on any atom is -0.394 e. The van der Waals surface area contributed by atoms with Gasteiger partial charge in [0.2, 0.25) is 0 Å². The van der Waals surface area contributed by atoms with Gasteiger partial charge in [-0.2, -0.15) is 0 Å². The molecule has 2 unspecified atom stereocenters. The zero-order valence-electron chi connectivity index (χ0n) is 13.7. The summed E-state index contributed by atoms with van der Waals surface area (Å²) in [5, 5.41) is 13.3. The van der Waals surface area contributed by atoms with Crippen molar-refractivity contribution in [2.24, 2.45) is 0 Å². The van der Waals surface area contributed by atoms with Crippen LogP contribution in [-0.4, -0.2) is 61.5 Å². The molecule has 0 bridgehead atoms. The van der Waals surface area contributed by atoms with Crippen molar-refractivity contribution >= 4 is 0 Å². The van der Waals surface area contributed by atoms with Gasteiger partial charge in [-0.15, -0.1) is 0 Å². The van der Waals surface area contributed by atoms with E-state index >= 15 is 0 Å². The molecular formula is C16H34N2O2. The number of hydrogen-bond donors (Lipinski definition) is 2. The highest BCUT2D eigenvalue weighted by Gasteiger charge is 2.26. The lowest BCUT2D eigenvalue weighted by Gasteiger charge is -2.35. The molecule has 4 nitrogen and oxygen atoms in total. The van der Waals surface area contributed by atoms with E-state index in [1.807, 2.05) is 7.11 Å². The fraction of sp³-hybridized carbons (Fsp3) is 1.00. The van der Waals surface area contributed by atoms with Gasteiger partial charge in [-0.1, -0.05) is 13.8 Å². The topological polar surface area (TPSA) is 44.7 Å². The molecule has 1 fully saturated rings. The average Bonchev–Trinajstić information content (AvgIpc) is 2.51. The third-order valence-electron chi connectivity index (χ3n) is 4.65. The van der Waals surface area contributed by atoms with E-state index in [1.54, 1.807) is 0 Å². The number of methoxy groups -OCH3 is 1. The van der Waals surface area contributed by atoms with Crippen LogP contribution >= 0.6 is 0 Å². The predicted octanol–water partition coefficient (Wildman–Crippen LogP) is 2.02. The van der Waals surface area contributed by atoms with Crippen LogP contribution in [0.3, 0.4) is 0 Å².